The van der Waals surface area contributed by atoms with Crippen LogP contribution in [-0.4, -0.2) is 29.7 Å². The van der Waals surface area contributed by atoms with Gasteiger partial charge in [-0.1, -0.05) is 6.92 Å². The molecule has 1 heterocycles. The van der Waals surface area contributed by atoms with Crippen molar-refractivity contribution in [3.63, 3.8) is 0 Å². The first kappa shape index (κ1) is 12.0. The van der Waals surface area contributed by atoms with Crippen LogP contribution in [0.15, 0.2) is 12.1 Å². The number of carboxylic acids is 1. The van der Waals surface area contributed by atoms with E-state index in [4.69, 9.17) is 10.4 Å². The van der Waals surface area contributed by atoms with Crippen LogP contribution in [0.5, 0.6) is 0 Å². The highest BCUT2D eigenvalue weighted by atomic mass is 16.4. The largest absolute Gasteiger partial charge is 0.478 e. The molecular weight excluding hydrogens is 206 g/mol. The topological polar surface area (TPSA) is 77.2 Å². The number of aromatic carboxylic acids is 1. The highest BCUT2D eigenvalue weighted by molar-refractivity contribution is 5.88. The predicted molar refractivity (Wildman–Crippen MR) is 59.5 cm³/mol. The van der Waals surface area contributed by atoms with Gasteiger partial charge in [0.2, 0.25) is 0 Å². The lowest BCUT2D eigenvalue weighted by Crippen LogP contribution is -2.20. The Morgan fingerprint density at radius 2 is 2.31 bits per heavy atom. The number of carboxylic acid groups (broad SMARTS) is 1. The lowest BCUT2D eigenvalue weighted by molar-refractivity contribution is 0.0696. The SMILES string of the molecule is CCCN(C)c1cc(C(=O)O)cc(C#N)n1. The molecule has 1 aromatic heterocycles. The van der Waals surface area contributed by atoms with Gasteiger partial charge in [0.05, 0.1) is 5.56 Å². The number of hydrogen-bond donors (Lipinski definition) is 1. The Morgan fingerprint density at radius 3 is 2.81 bits per heavy atom. The van der Waals surface area contributed by atoms with Crippen molar-refractivity contribution in [1.29, 1.82) is 5.26 Å². The van der Waals surface area contributed by atoms with Gasteiger partial charge in [0, 0.05) is 13.6 Å². The molecule has 16 heavy (non-hydrogen) atoms. The van der Waals surface area contributed by atoms with Crippen LogP contribution in [0.25, 0.3) is 0 Å². The van der Waals surface area contributed by atoms with Crippen LogP contribution in [0.1, 0.15) is 29.4 Å². The van der Waals surface area contributed by atoms with Crippen LogP contribution >= 0.6 is 0 Å². The Kier molecular flexibility index (Phi) is 3.84. The van der Waals surface area contributed by atoms with Gasteiger partial charge in [-0.05, 0) is 18.6 Å². The van der Waals surface area contributed by atoms with Gasteiger partial charge in [-0.25, -0.2) is 9.78 Å². The molecule has 0 radical (unpaired) electrons. The van der Waals surface area contributed by atoms with Crippen LogP contribution < -0.4 is 4.90 Å². The summed E-state index contributed by atoms with van der Waals surface area (Å²) in [7, 11) is 1.82. The summed E-state index contributed by atoms with van der Waals surface area (Å²) in [5.41, 5.74) is 0.211. The molecule has 0 aliphatic rings. The second kappa shape index (κ2) is 5.12. The highest BCUT2D eigenvalue weighted by Gasteiger charge is 2.10. The van der Waals surface area contributed by atoms with E-state index < -0.39 is 5.97 Å². The first-order valence-electron chi connectivity index (χ1n) is 4.95. The van der Waals surface area contributed by atoms with Crippen LogP contribution in [0.2, 0.25) is 0 Å². The number of nitrogens with zero attached hydrogens (tertiary/aromatic N) is 3. The average molecular weight is 219 g/mol. The van der Waals surface area contributed by atoms with E-state index in [0.29, 0.717) is 5.82 Å². The summed E-state index contributed by atoms with van der Waals surface area (Å²) >= 11 is 0. The summed E-state index contributed by atoms with van der Waals surface area (Å²) in [4.78, 5) is 16.7. The fourth-order valence-electron chi connectivity index (χ4n) is 1.34. The Morgan fingerprint density at radius 1 is 1.62 bits per heavy atom. The van der Waals surface area contributed by atoms with E-state index in [9.17, 15) is 4.79 Å². The third-order valence-electron chi connectivity index (χ3n) is 2.12. The Hall–Kier alpha value is -2.09. The maximum atomic E-state index is 10.8. The number of nitriles is 1. The second-order valence-corrected chi connectivity index (χ2v) is 3.44. The van der Waals surface area contributed by atoms with Crippen molar-refractivity contribution in [3.8, 4) is 6.07 Å². The van der Waals surface area contributed by atoms with E-state index in [2.05, 4.69) is 4.98 Å². The molecule has 0 aliphatic heterocycles. The second-order valence-electron chi connectivity index (χ2n) is 3.44. The monoisotopic (exact) mass is 219 g/mol. The maximum Gasteiger partial charge on any atom is 0.335 e. The van der Waals surface area contributed by atoms with E-state index in [1.54, 1.807) is 0 Å². The molecule has 0 spiro atoms. The number of rotatable bonds is 4. The zero-order valence-electron chi connectivity index (χ0n) is 9.27. The summed E-state index contributed by atoms with van der Waals surface area (Å²) in [6.45, 7) is 2.78. The van der Waals surface area contributed by atoms with Crippen molar-refractivity contribution >= 4 is 11.8 Å². The Balaban J connectivity index is 3.14. The summed E-state index contributed by atoms with van der Waals surface area (Å²) in [6, 6.07) is 4.60. The van der Waals surface area contributed by atoms with E-state index in [0.717, 1.165) is 13.0 Å². The van der Waals surface area contributed by atoms with E-state index in [1.807, 2.05) is 24.9 Å². The summed E-state index contributed by atoms with van der Waals surface area (Å²) in [6.07, 6.45) is 0.928. The molecule has 5 heteroatoms. The Bertz CT molecular complexity index is 437. The summed E-state index contributed by atoms with van der Waals surface area (Å²) < 4.78 is 0. The average Bonchev–Trinajstić information content (AvgIpc) is 2.28. The molecule has 5 nitrogen and oxygen atoms in total. The van der Waals surface area contributed by atoms with Crippen molar-refractivity contribution in [2.45, 2.75) is 13.3 Å². The number of pyridine rings is 1. The van der Waals surface area contributed by atoms with Gasteiger partial charge in [-0.15, -0.1) is 0 Å². The molecule has 0 fully saturated rings. The zero-order valence-corrected chi connectivity index (χ0v) is 9.27. The maximum absolute atomic E-state index is 10.8. The molecule has 0 saturated carbocycles. The van der Waals surface area contributed by atoms with Crippen molar-refractivity contribution in [2.75, 3.05) is 18.5 Å². The minimum absolute atomic E-state index is 0.0875. The third kappa shape index (κ3) is 2.70. The number of anilines is 1. The minimum Gasteiger partial charge on any atom is -0.478 e. The molecule has 1 N–H and O–H groups in total. The van der Waals surface area contributed by atoms with Gasteiger partial charge >= 0.3 is 5.97 Å². The van der Waals surface area contributed by atoms with Crippen molar-refractivity contribution < 1.29 is 9.90 Å². The number of hydrogen-bond acceptors (Lipinski definition) is 4. The standard InChI is InChI=1S/C11H13N3O2/c1-3-4-14(2)10-6-8(11(15)16)5-9(7-12)13-10/h5-6H,3-4H2,1-2H3,(H,15,16). The lowest BCUT2D eigenvalue weighted by Gasteiger charge is -2.17. The van der Waals surface area contributed by atoms with Crippen LogP contribution in [0.4, 0.5) is 5.82 Å². The van der Waals surface area contributed by atoms with E-state index >= 15 is 0 Å². The van der Waals surface area contributed by atoms with Gasteiger partial charge in [-0.3, -0.25) is 0 Å². The van der Waals surface area contributed by atoms with Gasteiger partial charge in [0.15, 0.2) is 0 Å². The van der Waals surface area contributed by atoms with Crippen molar-refractivity contribution in [1.82, 2.24) is 4.98 Å². The molecule has 84 valence electrons. The summed E-state index contributed by atoms with van der Waals surface area (Å²) in [5, 5.41) is 17.6. The van der Waals surface area contributed by atoms with E-state index in [-0.39, 0.29) is 11.3 Å². The number of aromatic nitrogens is 1. The van der Waals surface area contributed by atoms with E-state index in [1.165, 1.54) is 12.1 Å². The van der Waals surface area contributed by atoms with Crippen LogP contribution in [0, 0.1) is 11.3 Å². The molecule has 0 aliphatic carbocycles. The van der Waals surface area contributed by atoms with Gasteiger partial charge in [0.1, 0.15) is 17.6 Å². The first-order valence-corrected chi connectivity index (χ1v) is 4.95. The predicted octanol–water partition coefficient (Wildman–Crippen LogP) is 1.50. The molecule has 1 aromatic rings. The van der Waals surface area contributed by atoms with Gasteiger partial charge in [-0.2, -0.15) is 5.26 Å². The minimum atomic E-state index is -1.05. The zero-order chi connectivity index (χ0) is 12.1. The lowest BCUT2D eigenvalue weighted by atomic mass is 10.2. The smallest absolute Gasteiger partial charge is 0.335 e. The normalized spacial score (nSPS) is 9.56. The van der Waals surface area contributed by atoms with Crippen molar-refractivity contribution in [3.05, 3.63) is 23.4 Å². The molecule has 0 bridgehead atoms. The van der Waals surface area contributed by atoms with Crippen molar-refractivity contribution in [2.24, 2.45) is 0 Å². The quantitative estimate of drug-likeness (QED) is 0.830. The van der Waals surface area contributed by atoms with Gasteiger partial charge in [0.25, 0.3) is 0 Å². The van der Waals surface area contributed by atoms with Gasteiger partial charge < -0.3 is 10.0 Å². The Labute approximate surface area is 93.9 Å². The highest BCUT2D eigenvalue weighted by Crippen LogP contribution is 2.14. The molecule has 1 rings (SSSR count). The molecule has 0 amide bonds. The fraction of sp³-hybridized carbons (Fsp3) is 0.364. The third-order valence-corrected chi connectivity index (χ3v) is 2.12. The fourth-order valence-corrected chi connectivity index (χ4v) is 1.34. The molecule has 0 atom stereocenters. The molecular formula is C11H13N3O2. The number of carbonyl (C=O) groups is 1. The first-order chi connectivity index (χ1) is 7.58. The van der Waals surface area contributed by atoms with Crippen LogP contribution in [0.3, 0.4) is 0 Å². The van der Waals surface area contributed by atoms with Crippen LogP contribution in [-0.2, 0) is 0 Å². The molecule has 0 saturated heterocycles. The molecule has 0 unspecified atom stereocenters. The molecule has 0 aromatic carbocycles. The summed E-state index contributed by atoms with van der Waals surface area (Å²) in [5.74, 6) is -0.539.